The second-order valence-electron chi connectivity index (χ2n) is 9.56. The second-order valence-corrected chi connectivity index (χ2v) is 9.56. The van der Waals surface area contributed by atoms with Gasteiger partial charge in [-0.15, -0.1) is 0 Å². The zero-order chi connectivity index (χ0) is 26.5. The van der Waals surface area contributed by atoms with E-state index in [1.807, 2.05) is 82.3 Å². The fourth-order valence-electron chi connectivity index (χ4n) is 4.25. The number of benzene rings is 3. The number of nitrogens with zero attached hydrogens (tertiary/aromatic N) is 3. The van der Waals surface area contributed by atoms with Gasteiger partial charge in [0.15, 0.2) is 0 Å². The molecule has 0 atom stereocenters. The van der Waals surface area contributed by atoms with Crippen LogP contribution in [0, 0.1) is 25.6 Å². The van der Waals surface area contributed by atoms with Crippen LogP contribution < -0.4 is 5.32 Å². The van der Waals surface area contributed by atoms with E-state index in [0.29, 0.717) is 17.9 Å². The highest BCUT2D eigenvalue weighted by Gasteiger charge is 2.24. The predicted octanol–water partition coefficient (Wildman–Crippen LogP) is 6.03. The van der Waals surface area contributed by atoms with Crippen LogP contribution in [0.1, 0.15) is 35.5 Å². The van der Waals surface area contributed by atoms with Crippen molar-refractivity contribution in [2.75, 3.05) is 18.4 Å². The Morgan fingerprint density at radius 1 is 0.946 bits per heavy atom. The molecular weight excluding hydrogens is 467 g/mol. The Hall–Kier alpha value is -4.26. The number of carbonyl (C=O) groups is 2. The summed E-state index contributed by atoms with van der Waals surface area (Å²) in [4.78, 5) is 28.1. The van der Waals surface area contributed by atoms with Crippen LogP contribution in [0.25, 0.3) is 16.8 Å². The summed E-state index contributed by atoms with van der Waals surface area (Å²) in [6, 6.07) is 23.0. The lowest BCUT2D eigenvalue weighted by molar-refractivity contribution is -0.117. The third kappa shape index (κ3) is 6.12. The van der Waals surface area contributed by atoms with Gasteiger partial charge in [0.05, 0.1) is 11.4 Å². The molecule has 37 heavy (non-hydrogen) atoms. The summed E-state index contributed by atoms with van der Waals surface area (Å²) in [6.07, 6.45) is 0. The van der Waals surface area contributed by atoms with Gasteiger partial charge in [0.2, 0.25) is 5.91 Å². The lowest BCUT2D eigenvalue weighted by atomic mass is 10.1. The van der Waals surface area contributed by atoms with Crippen LogP contribution in [0.15, 0.2) is 78.9 Å². The summed E-state index contributed by atoms with van der Waals surface area (Å²) in [5, 5.41) is 7.78. The van der Waals surface area contributed by atoms with Crippen molar-refractivity contribution in [1.29, 1.82) is 0 Å². The Balaban J connectivity index is 1.68. The van der Waals surface area contributed by atoms with Gasteiger partial charge in [0, 0.05) is 17.7 Å². The van der Waals surface area contributed by atoms with Crippen molar-refractivity contribution in [3.05, 3.63) is 102 Å². The van der Waals surface area contributed by atoms with Gasteiger partial charge in [-0.05, 0) is 61.7 Å². The standard InChI is InChI=1S/C30H31FN4O2/c1-20(2)18-34(30(37)24-12-14-25(31)15-13-24)19-27(36)32-29-28(23-8-6-5-7-9-23)22(4)33-35(29)26-16-10-21(3)11-17-26/h5-17,20H,18-19H2,1-4H3,(H,32,36). The Kier molecular flexibility index (Phi) is 7.82. The van der Waals surface area contributed by atoms with Crippen molar-refractivity contribution in [2.24, 2.45) is 5.92 Å². The molecule has 0 aliphatic rings. The fraction of sp³-hybridized carbons (Fsp3) is 0.233. The Labute approximate surface area is 216 Å². The van der Waals surface area contributed by atoms with Crippen molar-refractivity contribution in [1.82, 2.24) is 14.7 Å². The molecule has 0 spiro atoms. The lowest BCUT2D eigenvalue weighted by Crippen LogP contribution is -2.40. The van der Waals surface area contributed by atoms with Gasteiger partial charge in [-0.3, -0.25) is 9.59 Å². The van der Waals surface area contributed by atoms with Crippen molar-refractivity contribution in [2.45, 2.75) is 27.7 Å². The molecule has 190 valence electrons. The molecule has 2 amide bonds. The molecule has 6 nitrogen and oxygen atoms in total. The van der Waals surface area contributed by atoms with E-state index in [1.54, 1.807) is 4.68 Å². The first-order valence-electron chi connectivity index (χ1n) is 12.3. The summed E-state index contributed by atoms with van der Waals surface area (Å²) in [5.41, 5.74) is 4.77. The summed E-state index contributed by atoms with van der Waals surface area (Å²) < 4.78 is 15.1. The monoisotopic (exact) mass is 498 g/mol. The number of hydrogen-bond acceptors (Lipinski definition) is 3. The van der Waals surface area contributed by atoms with Gasteiger partial charge in [-0.2, -0.15) is 5.10 Å². The smallest absolute Gasteiger partial charge is 0.254 e. The van der Waals surface area contributed by atoms with Gasteiger partial charge in [0.1, 0.15) is 18.2 Å². The number of aryl methyl sites for hydroxylation is 2. The topological polar surface area (TPSA) is 67.2 Å². The number of rotatable bonds is 8. The minimum absolute atomic E-state index is 0.136. The number of aromatic nitrogens is 2. The van der Waals surface area contributed by atoms with Gasteiger partial charge >= 0.3 is 0 Å². The highest BCUT2D eigenvalue weighted by molar-refractivity contribution is 6.01. The highest BCUT2D eigenvalue weighted by Crippen LogP contribution is 2.33. The van der Waals surface area contributed by atoms with Crippen LogP contribution in [-0.2, 0) is 4.79 Å². The van der Waals surface area contributed by atoms with E-state index in [2.05, 4.69) is 5.32 Å². The van der Waals surface area contributed by atoms with Crippen LogP contribution in [0.5, 0.6) is 0 Å². The largest absolute Gasteiger partial charge is 0.329 e. The number of nitrogens with one attached hydrogen (secondary N) is 1. The molecule has 0 saturated heterocycles. The molecule has 0 radical (unpaired) electrons. The van der Waals surface area contributed by atoms with Gasteiger partial charge in [-0.25, -0.2) is 9.07 Å². The van der Waals surface area contributed by atoms with E-state index >= 15 is 0 Å². The van der Waals surface area contributed by atoms with Gasteiger partial charge in [-0.1, -0.05) is 61.9 Å². The second kappa shape index (κ2) is 11.2. The summed E-state index contributed by atoms with van der Waals surface area (Å²) in [6.45, 7) is 8.11. The Bertz CT molecular complexity index is 1380. The number of hydrogen-bond donors (Lipinski definition) is 1. The molecule has 0 fully saturated rings. The molecule has 4 rings (SSSR count). The molecule has 1 aromatic heterocycles. The van der Waals surface area contributed by atoms with Crippen LogP contribution in [-0.4, -0.2) is 39.6 Å². The summed E-state index contributed by atoms with van der Waals surface area (Å²) >= 11 is 0. The maximum Gasteiger partial charge on any atom is 0.254 e. The zero-order valence-corrected chi connectivity index (χ0v) is 21.5. The molecule has 0 unspecified atom stereocenters. The number of halogens is 1. The lowest BCUT2D eigenvalue weighted by Gasteiger charge is -2.24. The van der Waals surface area contributed by atoms with E-state index in [-0.39, 0.29) is 24.3 Å². The molecule has 0 aliphatic heterocycles. The maximum atomic E-state index is 13.4. The van der Waals surface area contributed by atoms with E-state index in [9.17, 15) is 14.0 Å². The van der Waals surface area contributed by atoms with Crippen molar-refractivity contribution < 1.29 is 14.0 Å². The van der Waals surface area contributed by atoms with E-state index in [0.717, 1.165) is 28.1 Å². The number of carbonyl (C=O) groups excluding carboxylic acids is 2. The molecule has 4 aromatic rings. The van der Waals surface area contributed by atoms with Crippen molar-refractivity contribution >= 4 is 17.6 Å². The highest BCUT2D eigenvalue weighted by atomic mass is 19.1. The predicted molar refractivity (Wildman–Crippen MR) is 144 cm³/mol. The average molecular weight is 499 g/mol. The summed E-state index contributed by atoms with van der Waals surface area (Å²) in [5.74, 6) is -0.413. The first-order chi connectivity index (χ1) is 17.7. The normalized spacial score (nSPS) is 11.0. The molecular formula is C30H31FN4O2. The molecule has 3 aromatic carbocycles. The zero-order valence-electron chi connectivity index (χ0n) is 21.5. The van der Waals surface area contributed by atoms with E-state index in [4.69, 9.17) is 5.10 Å². The van der Waals surface area contributed by atoms with E-state index < -0.39 is 5.82 Å². The van der Waals surface area contributed by atoms with Crippen LogP contribution in [0.2, 0.25) is 0 Å². The van der Waals surface area contributed by atoms with Crippen LogP contribution in [0.4, 0.5) is 10.2 Å². The van der Waals surface area contributed by atoms with Gasteiger partial charge < -0.3 is 10.2 Å². The molecule has 7 heteroatoms. The molecule has 1 N–H and O–H groups in total. The quantitative estimate of drug-likeness (QED) is 0.322. The number of anilines is 1. The molecule has 0 aliphatic carbocycles. The minimum atomic E-state index is -0.419. The SMILES string of the molecule is Cc1ccc(-n2nc(C)c(-c3ccccc3)c2NC(=O)CN(CC(C)C)C(=O)c2ccc(F)cc2)cc1. The first kappa shape index (κ1) is 25.8. The number of amides is 2. The average Bonchev–Trinajstić information content (AvgIpc) is 3.19. The van der Waals surface area contributed by atoms with Crippen LogP contribution in [0.3, 0.4) is 0 Å². The minimum Gasteiger partial charge on any atom is -0.329 e. The fourth-order valence-corrected chi connectivity index (χ4v) is 4.25. The first-order valence-corrected chi connectivity index (χ1v) is 12.3. The summed E-state index contributed by atoms with van der Waals surface area (Å²) in [7, 11) is 0. The van der Waals surface area contributed by atoms with Crippen molar-refractivity contribution in [3.63, 3.8) is 0 Å². The molecule has 1 heterocycles. The molecule has 0 saturated carbocycles. The Morgan fingerprint density at radius 3 is 2.22 bits per heavy atom. The Morgan fingerprint density at radius 2 is 1.59 bits per heavy atom. The molecule has 0 bridgehead atoms. The van der Waals surface area contributed by atoms with Crippen LogP contribution >= 0.6 is 0 Å². The van der Waals surface area contributed by atoms with E-state index in [1.165, 1.54) is 29.2 Å². The third-order valence-electron chi connectivity index (χ3n) is 5.96. The third-order valence-corrected chi connectivity index (χ3v) is 5.96. The maximum absolute atomic E-state index is 13.4. The van der Waals surface area contributed by atoms with Crippen molar-refractivity contribution in [3.8, 4) is 16.8 Å². The van der Waals surface area contributed by atoms with Gasteiger partial charge in [0.25, 0.3) is 5.91 Å².